The highest BCUT2D eigenvalue weighted by Crippen LogP contribution is 2.40. The Kier molecular flexibility index (Phi) is 23.9. The van der Waals surface area contributed by atoms with Crippen LogP contribution in [0.3, 0.4) is 0 Å². The summed E-state index contributed by atoms with van der Waals surface area (Å²) in [4.78, 5) is 0. The Morgan fingerprint density at radius 2 is 1.18 bits per heavy atom. The minimum Gasteiger partial charge on any atom is -0.412 e. The van der Waals surface area contributed by atoms with Gasteiger partial charge in [-0.3, -0.25) is 0 Å². The maximum atomic E-state index is 9.00. The van der Waals surface area contributed by atoms with Crippen LogP contribution >= 0.6 is 0 Å². The monoisotopic (exact) mass is 511 g/mol. The van der Waals surface area contributed by atoms with E-state index >= 15 is 0 Å². The maximum Gasteiger partial charge on any atom is 0.0655 e. The quantitative estimate of drug-likeness (QED) is 0.496. The minimum absolute atomic E-state index is 0. The van der Waals surface area contributed by atoms with Crippen LogP contribution in [0.5, 0.6) is 0 Å². The van der Waals surface area contributed by atoms with Crippen LogP contribution in [0.25, 0.3) is 0 Å². The van der Waals surface area contributed by atoms with E-state index in [4.69, 9.17) is 16.4 Å². The topological polar surface area (TPSA) is 96.0 Å². The van der Waals surface area contributed by atoms with Gasteiger partial charge in [-0.25, -0.2) is 0 Å². The second-order valence-corrected chi connectivity index (χ2v) is 9.27. The number of terminal acetylenes is 1. The molecular weight excluding hydrogens is 470 g/mol. The Morgan fingerprint density at radius 3 is 1.61 bits per heavy atom. The van der Waals surface area contributed by atoms with Crippen LogP contribution in [0, 0.1) is 118 Å². The lowest BCUT2D eigenvalue weighted by Gasteiger charge is -2.36. The summed E-state index contributed by atoms with van der Waals surface area (Å²) in [5.74, 6) is 34.8. The van der Waals surface area contributed by atoms with Gasteiger partial charge in [-0.05, 0) is 154 Å². The molecule has 0 amide bonds. The highest BCUT2D eigenvalue weighted by Gasteiger charge is 2.31. The molecule has 4 nitrogen and oxygen atoms in total. The van der Waals surface area contributed by atoms with Gasteiger partial charge in [0.2, 0.25) is 0 Å². The van der Waals surface area contributed by atoms with Crippen molar-refractivity contribution in [3.8, 4) is 89.5 Å². The molecule has 0 bridgehead atoms. The van der Waals surface area contributed by atoms with Gasteiger partial charge in [0.15, 0.2) is 0 Å². The van der Waals surface area contributed by atoms with E-state index < -0.39 is 0 Å². The fourth-order valence-electron chi connectivity index (χ4n) is 4.70. The number of ether oxygens (including phenoxy) is 1. The fourth-order valence-corrected chi connectivity index (χ4v) is 4.70. The first-order chi connectivity index (χ1) is 17.6. The summed E-state index contributed by atoms with van der Waals surface area (Å²) in [6.45, 7) is 7.22. The molecule has 2 aliphatic carbocycles. The molecule has 2 saturated carbocycles. The molecule has 0 aliphatic heterocycles. The van der Waals surface area contributed by atoms with E-state index in [2.05, 4.69) is 96.9 Å². The van der Waals surface area contributed by atoms with E-state index in [1.165, 1.54) is 51.4 Å². The Hall–Kier alpha value is -3.71. The van der Waals surface area contributed by atoms with Gasteiger partial charge in [-0.15, -0.1) is 6.42 Å². The predicted molar refractivity (Wildman–Crippen MR) is 155 cm³/mol. The van der Waals surface area contributed by atoms with E-state index in [0.29, 0.717) is 17.9 Å². The zero-order chi connectivity index (χ0) is 26.3. The van der Waals surface area contributed by atoms with Crippen molar-refractivity contribution in [3.63, 3.8) is 0 Å². The normalized spacial score (nSPS) is 20.9. The van der Waals surface area contributed by atoms with Crippen LogP contribution < -0.4 is 0 Å². The Bertz CT molecular complexity index is 1120. The maximum absolute atomic E-state index is 9.00. The van der Waals surface area contributed by atoms with Gasteiger partial charge >= 0.3 is 0 Å². The molecule has 1 unspecified atom stereocenters. The summed E-state index contributed by atoms with van der Waals surface area (Å²) in [7, 11) is 0. The van der Waals surface area contributed by atoms with Gasteiger partial charge in [0.25, 0.3) is 0 Å². The van der Waals surface area contributed by atoms with Gasteiger partial charge in [0, 0.05) is 12.5 Å². The van der Waals surface area contributed by atoms with Crippen LogP contribution in [-0.4, -0.2) is 23.7 Å². The van der Waals surface area contributed by atoms with Crippen LogP contribution in [-0.2, 0) is 4.74 Å². The Morgan fingerprint density at radius 1 is 0.737 bits per heavy atom. The van der Waals surface area contributed by atoms with Gasteiger partial charge in [0.05, 0.1) is 12.2 Å². The zero-order valence-corrected chi connectivity index (χ0v) is 23.1. The van der Waals surface area contributed by atoms with Crippen LogP contribution in [0.1, 0.15) is 85.0 Å². The highest BCUT2D eigenvalue weighted by atomic mass is 16.5. The molecule has 0 saturated heterocycles. The predicted octanol–water partition coefficient (Wildman–Crippen LogP) is 4.34. The van der Waals surface area contributed by atoms with E-state index in [0.717, 1.165) is 31.3 Å². The van der Waals surface area contributed by atoms with Crippen molar-refractivity contribution in [1.82, 2.24) is 0 Å². The molecule has 0 spiro atoms. The molecule has 0 heterocycles. The van der Waals surface area contributed by atoms with Gasteiger partial charge in [-0.2, -0.15) is 5.26 Å². The van der Waals surface area contributed by atoms with Crippen molar-refractivity contribution in [2.45, 2.75) is 91.1 Å². The molecule has 2 rings (SSSR count). The first-order valence-corrected chi connectivity index (χ1v) is 13.0. The van der Waals surface area contributed by atoms with E-state index in [1.807, 2.05) is 0 Å². The number of hydrogen-bond donors (Lipinski definition) is 0. The summed E-state index contributed by atoms with van der Waals surface area (Å²) < 4.78 is 6.12. The van der Waals surface area contributed by atoms with Crippen molar-refractivity contribution >= 4 is 0 Å². The van der Waals surface area contributed by atoms with Crippen molar-refractivity contribution in [1.29, 1.82) is 5.26 Å². The number of nitriles is 1. The average Bonchev–Trinajstić information content (AvgIpc) is 2.91. The second kappa shape index (κ2) is 25.0. The molecule has 1 atom stereocenters. The summed E-state index contributed by atoms with van der Waals surface area (Å²) >= 11 is 0. The largest absolute Gasteiger partial charge is 0.412 e. The first-order valence-electron chi connectivity index (χ1n) is 13.0. The summed E-state index contributed by atoms with van der Waals surface area (Å²) in [6.07, 6.45) is 18.1. The third kappa shape index (κ3) is 17.7. The number of rotatable bonds is 6. The molecule has 2 aliphatic rings. The smallest absolute Gasteiger partial charge is 0.0655 e. The van der Waals surface area contributed by atoms with E-state index in [-0.39, 0.29) is 11.0 Å². The van der Waals surface area contributed by atoms with Crippen LogP contribution in [0.4, 0.5) is 0 Å². The third-order valence-electron chi connectivity index (χ3n) is 6.56. The third-order valence-corrected chi connectivity index (χ3v) is 6.56. The summed E-state index contributed by atoms with van der Waals surface area (Å²) in [6, 6.07) is 2.45. The lowest BCUT2D eigenvalue weighted by Crippen LogP contribution is -2.29. The standard InChI is InChI=1S/C19H33NO.C15H4.2H2O/c1-3-4-15(2)14-21-19-11-9-18(10-12-19)17-7-5-16(13-20)6-8-17;1-3-5-7-9-11-13-15-14-12-10-8-6-4-2;;/h15-19H,3-12,14H2,1-2H3;1H,2H3;2*1H2. The SMILES string of the molecule is C#CC#CC#CC#CC#CC#CC#CC.CCCC(C)COC1CCC(C2CCC(C#N)CC2)CC1.O.O. The average molecular weight is 512 g/mol. The van der Waals surface area contributed by atoms with Crippen molar-refractivity contribution in [3.05, 3.63) is 0 Å². The Labute approximate surface area is 231 Å². The molecule has 0 radical (unpaired) electrons. The zero-order valence-electron chi connectivity index (χ0n) is 23.1. The lowest BCUT2D eigenvalue weighted by molar-refractivity contribution is -0.00764. The molecule has 0 aromatic heterocycles. The van der Waals surface area contributed by atoms with Crippen LogP contribution in [0.15, 0.2) is 0 Å². The minimum atomic E-state index is 0. The molecule has 200 valence electrons. The Balaban J connectivity index is 0. The fraction of sp³-hybridized carbons (Fsp3) is 0.559. The molecule has 38 heavy (non-hydrogen) atoms. The molecule has 2 fully saturated rings. The number of hydrogen-bond acceptors (Lipinski definition) is 2. The van der Waals surface area contributed by atoms with Gasteiger partial charge in [-0.1, -0.05) is 26.2 Å². The van der Waals surface area contributed by atoms with Crippen molar-refractivity contribution < 1.29 is 15.7 Å². The molecule has 4 N–H and O–H groups in total. The van der Waals surface area contributed by atoms with E-state index in [1.54, 1.807) is 6.92 Å². The number of nitrogens with zero attached hydrogens (tertiary/aromatic N) is 1. The van der Waals surface area contributed by atoms with Gasteiger partial charge in [0.1, 0.15) is 0 Å². The molecule has 4 heteroatoms. The molecular formula is C34H41NO3. The summed E-state index contributed by atoms with van der Waals surface area (Å²) in [5.41, 5.74) is 0. The van der Waals surface area contributed by atoms with E-state index in [9.17, 15) is 0 Å². The highest BCUT2D eigenvalue weighted by molar-refractivity contribution is 5.44. The second-order valence-electron chi connectivity index (χ2n) is 9.27. The van der Waals surface area contributed by atoms with Gasteiger partial charge < -0.3 is 15.7 Å². The molecule has 0 aromatic rings. The van der Waals surface area contributed by atoms with Crippen molar-refractivity contribution in [2.75, 3.05) is 6.61 Å². The van der Waals surface area contributed by atoms with Crippen LogP contribution in [0.2, 0.25) is 0 Å². The molecule has 0 aromatic carbocycles. The summed E-state index contributed by atoms with van der Waals surface area (Å²) in [5, 5.41) is 9.00. The lowest BCUT2D eigenvalue weighted by atomic mass is 9.71. The van der Waals surface area contributed by atoms with Crippen molar-refractivity contribution in [2.24, 2.45) is 23.7 Å². The first kappa shape index (κ1) is 36.4.